The number of hydrogen-bond acceptors (Lipinski definition) is 2. The van der Waals surface area contributed by atoms with Crippen molar-refractivity contribution in [1.29, 1.82) is 0 Å². The lowest BCUT2D eigenvalue weighted by Crippen LogP contribution is -2.26. The Morgan fingerprint density at radius 3 is 2.60 bits per heavy atom. The summed E-state index contributed by atoms with van der Waals surface area (Å²) in [6.07, 6.45) is 5.19. The summed E-state index contributed by atoms with van der Waals surface area (Å²) in [6, 6.07) is 8.75. The van der Waals surface area contributed by atoms with Gasteiger partial charge >= 0.3 is 0 Å². The SMILES string of the molecule is CCCC(C)COC(CNC1CC1)c1ccc(Cl)cc1. The second-order valence-corrected chi connectivity index (χ2v) is 6.39. The average Bonchev–Trinajstić information content (AvgIpc) is 3.25. The van der Waals surface area contributed by atoms with Crippen molar-refractivity contribution in [1.82, 2.24) is 5.32 Å². The molecule has 2 atom stereocenters. The van der Waals surface area contributed by atoms with Crippen molar-refractivity contribution in [3.05, 3.63) is 34.9 Å². The van der Waals surface area contributed by atoms with Gasteiger partial charge in [-0.2, -0.15) is 0 Å². The minimum atomic E-state index is 0.132. The van der Waals surface area contributed by atoms with Crippen LogP contribution in [0.2, 0.25) is 5.02 Å². The van der Waals surface area contributed by atoms with Gasteiger partial charge in [0.2, 0.25) is 0 Å². The molecule has 0 amide bonds. The predicted octanol–water partition coefficient (Wildman–Crippen LogP) is 4.59. The van der Waals surface area contributed by atoms with E-state index in [-0.39, 0.29) is 6.10 Å². The van der Waals surface area contributed by atoms with Gasteiger partial charge in [0.1, 0.15) is 0 Å². The molecule has 1 aromatic carbocycles. The van der Waals surface area contributed by atoms with Crippen LogP contribution in [0.3, 0.4) is 0 Å². The van der Waals surface area contributed by atoms with E-state index in [2.05, 4.69) is 31.3 Å². The molecule has 1 aliphatic rings. The van der Waals surface area contributed by atoms with Gasteiger partial charge in [-0.05, 0) is 42.9 Å². The summed E-state index contributed by atoms with van der Waals surface area (Å²) in [7, 11) is 0. The molecule has 1 fully saturated rings. The van der Waals surface area contributed by atoms with Crippen molar-refractivity contribution in [3.63, 3.8) is 0 Å². The lowest BCUT2D eigenvalue weighted by atomic mass is 10.1. The van der Waals surface area contributed by atoms with E-state index in [1.165, 1.54) is 31.2 Å². The molecule has 0 saturated heterocycles. The second kappa shape index (κ2) is 8.02. The first kappa shape index (κ1) is 15.8. The maximum Gasteiger partial charge on any atom is 0.0949 e. The molecule has 20 heavy (non-hydrogen) atoms. The van der Waals surface area contributed by atoms with E-state index in [4.69, 9.17) is 16.3 Å². The molecule has 0 aromatic heterocycles. The van der Waals surface area contributed by atoms with Crippen LogP contribution in [0.5, 0.6) is 0 Å². The van der Waals surface area contributed by atoms with Gasteiger partial charge in [-0.15, -0.1) is 0 Å². The standard InChI is InChI=1S/C17H26ClNO/c1-3-4-13(2)12-20-17(11-19-16-9-10-16)14-5-7-15(18)8-6-14/h5-8,13,16-17,19H,3-4,9-12H2,1-2H3. The van der Waals surface area contributed by atoms with Gasteiger partial charge in [-0.1, -0.05) is 44.0 Å². The highest BCUT2D eigenvalue weighted by Gasteiger charge is 2.23. The van der Waals surface area contributed by atoms with Crippen LogP contribution in [0.4, 0.5) is 0 Å². The van der Waals surface area contributed by atoms with Gasteiger partial charge < -0.3 is 10.1 Å². The van der Waals surface area contributed by atoms with Crippen molar-refractivity contribution in [2.45, 2.75) is 51.7 Å². The number of benzene rings is 1. The molecule has 1 aromatic rings. The Bertz CT molecular complexity index is 388. The lowest BCUT2D eigenvalue weighted by molar-refractivity contribution is 0.0297. The van der Waals surface area contributed by atoms with E-state index in [0.717, 1.165) is 18.2 Å². The number of halogens is 1. The fourth-order valence-corrected chi connectivity index (χ4v) is 2.49. The van der Waals surface area contributed by atoms with Gasteiger partial charge in [-0.25, -0.2) is 0 Å². The molecule has 3 heteroatoms. The third-order valence-electron chi connectivity index (χ3n) is 3.77. The molecular formula is C17H26ClNO. The van der Waals surface area contributed by atoms with Crippen molar-refractivity contribution >= 4 is 11.6 Å². The quantitative estimate of drug-likeness (QED) is 0.719. The molecule has 0 spiro atoms. The fourth-order valence-electron chi connectivity index (χ4n) is 2.37. The van der Waals surface area contributed by atoms with Gasteiger partial charge in [0.15, 0.2) is 0 Å². The summed E-state index contributed by atoms with van der Waals surface area (Å²) in [5.74, 6) is 0.621. The lowest BCUT2D eigenvalue weighted by Gasteiger charge is -2.21. The van der Waals surface area contributed by atoms with Crippen LogP contribution < -0.4 is 5.32 Å². The van der Waals surface area contributed by atoms with E-state index in [0.29, 0.717) is 12.0 Å². The molecule has 1 N–H and O–H groups in total. The Balaban J connectivity index is 1.90. The maximum atomic E-state index is 6.15. The Morgan fingerprint density at radius 2 is 2.00 bits per heavy atom. The number of rotatable bonds is 9. The highest BCUT2D eigenvalue weighted by Crippen LogP contribution is 2.24. The van der Waals surface area contributed by atoms with Crippen LogP contribution in [-0.4, -0.2) is 19.2 Å². The number of hydrogen-bond donors (Lipinski definition) is 1. The van der Waals surface area contributed by atoms with Crippen LogP contribution in [0.25, 0.3) is 0 Å². The third kappa shape index (κ3) is 5.43. The van der Waals surface area contributed by atoms with Crippen LogP contribution in [0.15, 0.2) is 24.3 Å². The zero-order chi connectivity index (χ0) is 14.4. The zero-order valence-electron chi connectivity index (χ0n) is 12.6. The minimum absolute atomic E-state index is 0.132. The van der Waals surface area contributed by atoms with E-state index < -0.39 is 0 Å². The van der Waals surface area contributed by atoms with E-state index in [9.17, 15) is 0 Å². The summed E-state index contributed by atoms with van der Waals surface area (Å²) in [6.45, 7) is 6.21. The van der Waals surface area contributed by atoms with Gasteiger partial charge in [-0.3, -0.25) is 0 Å². The van der Waals surface area contributed by atoms with Crippen LogP contribution in [0.1, 0.15) is 51.2 Å². The van der Waals surface area contributed by atoms with Crippen molar-refractivity contribution in [3.8, 4) is 0 Å². The average molecular weight is 296 g/mol. The molecule has 0 aliphatic heterocycles. The summed E-state index contributed by atoms with van der Waals surface area (Å²) in [5.41, 5.74) is 1.21. The monoisotopic (exact) mass is 295 g/mol. The molecule has 0 heterocycles. The Hall–Kier alpha value is -0.570. The van der Waals surface area contributed by atoms with Crippen LogP contribution in [0, 0.1) is 5.92 Å². The smallest absolute Gasteiger partial charge is 0.0949 e. The number of ether oxygens (including phenoxy) is 1. The van der Waals surface area contributed by atoms with E-state index in [1.54, 1.807) is 0 Å². The summed E-state index contributed by atoms with van der Waals surface area (Å²) >= 11 is 5.97. The Morgan fingerprint density at radius 1 is 1.30 bits per heavy atom. The molecule has 1 saturated carbocycles. The van der Waals surface area contributed by atoms with Crippen molar-refractivity contribution in [2.24, 2.45) is 5.92 Å². The Labute approximate surface area is 127 Å². The van der Waals surface area contributed by atoms with Crippen molar-refractivity contribution in [2.75, 3.05) is 13.2 Å². The highest BCUT2D eigenvalue weighted by atomic mass is 35.5. The van der Waals surface area contributed by atoms with Crippen LogP contribution in [-0.2, 0) is 4.74 Å². The molecule has 0 radical (unpaired) electrons. The molecule has 2 rings (SSSR count). The van der Waals surface area contributed by atoms with Gasteiger partial charge in [0.25, 0.3) is 0 Å². The molecule has 0 bridgehead atoms. The summed E-state index contributed by atoms with van der Waals surface area (Å²) < 4.78 is 6.15. The summed E-state index contributed by atoms with van der Waals surface area (Å²) in [4.78, 5) is 0. The van der Waals surface area contributed by atoms with Gasteiger partial charge in [0.05, 0.1) is 12.7 Å². The molecule has 1 aliphatic carbocycles. The normalized spacial score (nSPS) is 17.9. The minimum Gasteiger partial charge on any atom is -0.372 e. The fraction of sp³-hybridized carbons (Fsp3) is 0.647. The van der Waals surface area contributed by atoms with Gasteiger partial charge in [0, 0.05) is 17.6 Å². The third-order valence-corrected chi connectivity index (χ3v) is 4.03. The van der Waals surface area contributed by atoms with E-state index in [1.807, 2.05) is 12.1 Å². The molecular weight excluding hydrogens is 270 g/mol. The molecule has 2 nitrogen and oxygen atoms in total. The first-order valence-corrected chi connectivity index (χ1v) is 8.17. The zero-order valence-corrected chi connectivity index (χ0v) is 13.3. The largest absolute Gasteiger partial charge is 0.372 e. The second-order valence-electron chi connectivity index (χ2n) is 5.95. The Kier molecular flexibility index (Phi) is 6.34. The van der Waals surface area contributed by atoms with Crippen molar-refractivity contribution < 1.29 is 4.74 Å². The summed E-state index contributed by atoms with van der Waals surface area (Å²) in [5, 5.41) is 4.35. The predicted molar refractivity (Wildman–Crippen MR) is 85.2 cm³/mol. The molecule has 2 unspecified atom stereocenters. The molecule has 112 valence electrons. The number of nitrogens with one attached hydrogen (secondary N) is 1. The highest BCUT2D eigenvalue weighted by molar-refractivity contribution is 6.30. The van der Waals surface area contributed by atoms with E-state index >= 15 is 0 Å². The first-order chi connectivity index (χ1) is 9.69. The first-order valence-electron chi connectivity index (χ1n) is 7.79. The maximum absolute atomic E-state index is 6.15. The topological polar surface area (TPSA) is 21.3 Å². The van der Waals surface area contributed by atoms with Crippen LogP contribution >= 0.6 is 11.6 Å².